The summed E-state index contributed by atoms with van der Waals surface area (Å²) in [6.07, 6.45) is 6.39. The molecule has 3 saturated heterocycles. The first-order valence-corrected chi connectivity index (χ1v) is 11.9. The van der Waals surface area contributed by atoms with Crippen LogP contribution in [0.25, 0.3) is 0 Å². The topological polar surface area (TPSA) is 23.6 Å². The van der Waals surface area contributed by atoms with Gasteiger partial charge in [-0.15, -0.1) is 0 Å². The number of piperidine rings is 3. The van der Waals surface area contributed by atoms with Crippen molar-refractivity contribution in [2.24, 2.45) is 17.8 Å². The van der Waals surface area contributed by atoms with Crippen LogP contribution in [0, 0.1) is 17.8 Å². The third-order valence-electron chi connectivity index (χ3n) is 8.21. The Kier molecular flexibility index (Phi) is 5.59. The quantitative estimate of drug-likeness (QED) is 0.707. The lowest BCUT2D eigenvalue weighted by Crippen LogP contribution is -2.65. The second-order valence-electron chi connectivity index (χ2n) is 10.3. The predicted octanol–water partition coefficient (Wildman–Crippen LogP) is 4.76. The van der Waals surface area contributed by atoms with Crippen molar-refractivity contribution in [2.75, 3.05) is 19.6 Å². The predicted molar refractivity (Wildman–Crippen MR) is 113 cm³/mol. The molecule has 3 aliphatic heterocycles. The first kappa shape index (κ1) is 20.4. The summed E-state index contributed by atoms with van der Waals surface area (Å²) in [6.45, 7) is 3.01. The molecule has 30 heavy (non-hydrogen) atoms. The highest BCUT2D eigenvalue weighted by Gasteiger charge is 2.49. The largest absolute Gasteiger partial charge is 0.336 e. The molecule has 0 radical (unpaired) electrons. The number of amides is 1. The highest BCUT2D eigenvalue weighted by atomic mass is 19.3. The van der Waals surface area contributed by atoms with Crippen molar-refractivity contribution in [1.29, 1.82) is 0 Å². The molecular formula is C25H34F2N2O. The van der Waals surface area contributed by atoms with Gasteiger partial charge in [0.25, 0.3) is 0 Å². The van der Waals surface area contributed by atoms with Crippen LogP contribution in [-0.2, 0) is 11.2 Å². The van der Waals surface area contributed by atoms with Crippen LogP contribution in [-0.4, -0.2) is 53.3 Å². The Hall–Kier alpha value is -1.49. The highest BCUT2D eigenvalue weighted by Crippen LogP contribution is 2.43. The monoisotopic (exact) mass is 416 g/mol. The van der Waals surface area contributed by atoms with Crippen LogP contribution in [0.5, 0.6) is 0 Å². The fourth-order valence-electron chi connectivity index (χ4n) is 6.79. The van der Waals surface area contributed by atoms with Gasteiger partial charge < -0.3 is 9.80 Å². The minimum Gasteiger partial charge on any atom is -0.336 e. The summed E-state index contributed by atoms with van der Waals surface area (Å²) in [6, 6.07) is 11.2. The molecule has 0 spiro atoms. The summed E-state index contributed by atoms with van der Waals surface area (Å²) < 4.78 is 27.1. The summed E-state index contributed by atoms with van der Waals surface area (Å²) in [5, 5.41) is 0. The van der Waals surface area contributed by atoms with Crippen LogP contribution in [0.3, 0.4) is 0 Å². The van der Waals surface area contributed by atoms with Crippen molar-refractivity contribution in [3.63, 3.8) is 0 Å². The van der Waals surface area contributed by atoms with Gasteiger partial charge >= 0.3 is 0 Å². The summed E-state index contributed by atoms with van der Waals surface area (Å²) in [5.74, 6) is -0.652. The number of carbonyl (C=O) groups excluding carboxylic acids is 1. The second-order valence-corrected chi connectivity index (χ2v) is 10.3. The lowest BCUT2D eigenvalue weighted by molar-refractivity contribution is -0.153. The van der Waals surface area contributed by atoms with Crippen LogP contribution < -0.4 is 0 Å². The van der Waals surface area contributed by atoms with Crippen molar-refractivity contribution < 1.29 is 13.6 Å². The standard InChI is InChI=1S/C25H34F2N2O/c26-25(27)11-9-19(10-12-25)15-28-16-20-14-21(17-28)23(13-18-5-2-1-3-6-18)29-22(20)7-4-8-24(29)30/h1-3,5-6,19-23H,4,7-17H2/t20-,21+,22+,23+/m1/s1. The molecule has 4 atom stereocenters. The zero-order chi connectivity index (χ0) is 20.7. The van der Waals surface area contributed by atoms with Gasteiger partial charge in [-0.25, -0.2) is 8.78 Å². The van der Waals surface area contributed by atoms with E-state index < -0.39 is 5.92 Å². The zero-order valence-corrected chi connectivity index (χ0v) is 17.8. The van der Waals surface area contributed by atoms with Gasteiger partial charge in [0.05, 0.1) is 0 Å². The van der Waals surface area contributed by atoms with E-state index in [2.05, 4.69) is 34.1 Å². The normalized spacial score (nSPS) is 34.6. The molecule has 5 rings (SSSR count). The Bertz CT molecular complexity index is 745. The van der Waals surface area contributed by atoms with E-state index in [1.807, 2.05) is 6.07 Å². The van der Waals surface area contributed by atoms with Crippen LogP contribution in [0.1, 0.15) is 56.9 Å². The number of carbonyl (C=O) groups is 1. The van der Waals surface area contributed by atoms with Crippen LogP contribution in [0.4, 0.5) is 8.78 Å². The van der Waals surface area contributed by atoms with Crippen molar-refractivity contribution in [2.45, 2.75) is 75.8 Å². The van der Waals surface area contributed by atoms with E-state index >= 15 is 0 Å². The van der Waals surface area contributed by atoms with Gasteiger partial charge in [0.15, 0.2) is 0 Å². The van der Waals surface area contributed by atoms with Crippen molar-refractivity contribution >= 4 is 5.91 Å². The molecule has 5 heteroatoms. The second kappa shape index (κ2) is 8.22. The summed E-state index contributed by atoms with van der Waals surface area (Å²) in [4.78, 5) is 17.8. The third kappa shape index (κ3) is 4.15. The van der Waals surface area contributed by atoms with Gasteiger partial charge in [-0.3, -0.25) is 4.79 Å². The minimum absolute atomic E-state index is 0.0555. The van der Waals surface area contributed by atoms with E-state index in [-0.39, 0.29) is 18.9 Å². The van der Waals surface area contributed by atoms with Gasteiger partial charge in [0.2, 0.25) is 11.8 Å². The van der Waals surface area contributed by atoms with Crippen LogP contribution in [0.2, 0.25) is 0 Å². The molecule has 0 N–H and O–H groups in total. The average Bonchev–Trinajstić information content (AvgIpc) is 2.74. The number of likely N-dealkylation sites (tertiary alicyclic amines) is 1. The minimum atomic E-state index is -2.45. The molecule has 1 amide bonds. The van der Waals surface area contributed by atoms with Gasteiger partial charge in [-0.05, 0) is 61.8 Å². The molecule has 0 aromatic heterocycles. The number of hydrogen-bond donors (Lipinski definition) is 0. The maximum absolute atomic E-state index is 13.6. The Morgan fingerprint density at radius 2 is 1.73 bits per heavy atom. The molecule has 2 bridgehead atoms. The first-order chi connectivity index (χ1) is 14.5. The smallest absolute Gasteiger partial charge is 0.248 e. The molecule has 0 unspecified atom stereocenters. The highest BCUT2D eigenvalue weighted by molar-refractivity contribution is 5.78. The maximum Gasteiger partial charge on any atom is 0.248 e. The number of rotatable bonds is 4. The summed E-state index contributed by atoms with van der Waals surface area (Å²) in [7, 11) is 0. The van der Waals surface area contributed by atoms with E-state index in [4.69, 9.17) is 0 Å². The van der Waals surface area contributed by atoms with E-state index in [0.29, 0.717) is 49.0 Å². The van der Waals surface area contributed by atoms with Gasteiger partial charge in [0, 0.05) is 51.0 Å². The Morgan fingerprint density at radius 1 is 1.00 bits per heavy atom. The lowest BCUT2D eigenvalue weighted by atomic mass is 9.70. The molecule has 3 nitrogen and oxygen atoms in total. The fourth-order valence-corrected chi connectivity index (χ4v) is 6.79. The summed E-state index contributed by atoms with van der Waals surface area (Å²) >= 11 is 0. The number of nitrogens with zero attached hydrogens (tertiary/aromatic N) is 2. The van der Waals surface area contributed by atoms with E-state index in [0.717, 1.165) is 38.9 Å². The van der Waals surface area contributed by atoms with Gasteiger partial charge in [-0.2, -0.15) is 0 Å². The molecule has 4 fully saturated rings. The fraction of sp³-hybridized carbons (Fsp3) is 0.720. The van der Waals surface area contributed by atoms with Crippen LogP contribution >= 0.6 is 0 Å². The van der Waals surface area contributed by atoms with E-state index in [1.54, 1.807) is 0 Å². The number of hydrogen-bond acceptors (Lipinski definition) is 2. The molecule has 164 valence electrons. The van der Waals surface area contributed by atoms with Crippen molar-refractivity contribution in [3.8, 4) is 0 Å². The lowest BCUT2D eigenvalue weighted by Gasteiger charge is -2.57. The average molecular weight is 417 g/mol. The molecule has 1 saturated carbocycles. The Labute approximate surface area is 178 Å². The van der Waals surface area contributed by atoms with Gasteiger partial charge in [-0.1, -0.05) is 30.3 Å². The third-order valence-corrected chi connectivity index (χ3v) is 8.21. The summed E-state index contributed by atoms with van der Waals surface area (Å²) in [5.41, 5.74) is 1.31. The molecule has 1 aromatic carbocycles. The van der Waals surface area contributed by atoms with E-state index in [1.165, 1.54) is 12.0 Å². The first-order valence-electron chi connectivity index (χ1n) is 11.9. The SMILES string of the molecule is O=C1CCC[C@H]2[C@@H]3C[C@@H](CN(CC4CCC(F)(F)CC4)C3)[C@H](Cc3ccccc3)N12. The molecule has 4 aliphatic rings. The molecule has 3 heterocycles. The Balaban J connectivity index is 1.32. The zero-order valence-electron chi connectivity index (χ0n) is 17.8. The van der Waals surface area contributed by atoms with E-state index in [9.17, 15) is 13.6 Å². The Morgan fingerprint density at radius 3 is 2.50 bits per heavy atom. The number of fused-ring (bicyclic) bond motifs is 4. The maximum atomic E-state index is 13.6. The van der Waals surface area contributed by atoms with Crippen molar-refractivity contribution in [3.05, 3.63) is 35.9 Å². The number of benzene rings is 1. The number of halogens is 2. The van der Waals surface area contributed by atoms with Gasteiger partial charge in [0.1, 0.15) is 0 Å². The number of alkyl halides is 2. The molecule has 1 aromatic rings. The van der Waals surface area contributed by atoms with Crippen LogP contribution in [0.15, 0.2) is 30.3 Å². The van der Waals surface area contributed by atoms with Crippen molar-refractivity contribution in [1.82, 2.24) is 9.80 Å². The molecule has 1 aliphatic carbocycles. The molecular weight excluding hydrogens is 382 g/mol.